The van der Waals surface area contributed by atoms with E-state index >= 15 is 0 Å². The van der Waals surface area contributed by atoms with E-state index in [-0.39, 0.29) is 28.9 Å². The van der Waals surface area contributed by atoms with Crippen LogP contribution in [-0.2, 0) is 7.05 Å². The number of nitrogens with one attached hydrogen (secondary N) is 1. The second-order valence-corrected chi connectivity index (χ2v) is 8.79. The number of fused-ring (bicyclic) bond motifs is 1. The van der Waals surface area contributed by atoms with E-state index < -0.39 is 0 Å². The van der Waals surface area contributed by atoms with Crippen LogP contribution >= 0.6 is 0 Å². The van der Waals surface area contributed by atoms with Crippen LogP contribution in [0, 0.1) is 11.3 Å². The third-order valence-electron chi connectivity index (χ3n) is 6.38. The highest BCUT2D eigenvalue weighted by Gasteiger charge is 2.22. The van der Waals surface area contributed by atoms with Crippen molar-refractivity contribution in [2.75, 3.05) is 11.1 Å². The van der Waals surface area contributed by atoms with Gasteiger partial charge in [-0.05, 0) is 46.7 Å². The Labute approximate surface area is 213 Å². The van der Waals surface area contributed by atoms with Gasteiger partial charge in [-0.1, -0.05) is 48.5 Å². The summed E-state index contributed by atoms with van der Waals surface area (Å²) in [6, 6.07) is 22.5. The van der Waals surface area contributed by atoms with Crippen molar-refractivity contribution >= 4 is 22.5 Å². The molecule has 0 aliphatic carbocycles. The van der Waals surface area contributed by atoms with E-state index in [0.717, 1.165) is 27.6 Å². The summed E-state index contributed by atoms with van der Waals surface area (Å²) in [7, 11) is 1.70. The van der Waals surface area contributed by atoms with Crippen LogP contribution in [0.4, 0.5) is 11.8 Å². The van der Waals surface area contributed by atoms with Crippen LogP contribution in [0.3, 0.4) is 0 Å². The van der Waals surface area contributed by atoms with E-state index in [1.165, 1.54) is 16.8 Å². The number of nitrogen functional groups attached to an aromatic ring is 1. The number of nitriles is 1. The van der Waals surface area contributed by atoms with Crippen LogP contribution in [0.15, 0.2) is 83.9 Å². The Morgan fingerprint density at radius 3 is 2.59 bits per heavy atom. The molecule has 5 aromatic rings. The number of phenols is 1. The predicted octanol–water partition coefficient (Wildman–Crippen LogP) is 5.00. The molecule has 37 heavy (non-hydrogen) atoms. The molecule has 0 spiro atoms. The number of aryl methyl sites for hydroxylation is 1. The van der Waals surface area contributed by atoms with Gasteiger partial charge in [0.25, 0.3) is 0 Å². The van der Waals surface area contributed by atoms with Crippen LogP contribution in [0.1, 0.15) is 24.1 Å². The normalized spacial score (nSPS) is 11.7. The average molecular weight is 489 g/mol. The molecule has 0 saturated heterocycles. The summed E-state index contributed by atoms with van der Waals surface area (Å²) in [5, 5.41) is 26.1. The molecule has 3 aromatic carbocycles. The summed E-state index contributed by atoms with van der Waals surface area (Å²) in [4.78, 5) is 20.1. The first-order chi connectivity index (χ1) is 17.9. The lowest BCUT2D eigenvalue weighted by atomic mass is 9.88. The molecule has 8 heteroatoms. The van der Waals surface area contributed by atoms with Crippen LogP contribution in [0.25, 0.3) is 33.0 Å². The number of anilines is 2. The highest BCUT2D eigenvalue weighted by molar-refractivity contribution is 6.05. The lowest BCUT2D eigenvalue weighted by molar-refractivity contribution is 0.483. The fourth-order valence-corrected chi connectivity index (χ4v) is 4.57. The van der Waals surface area contributed by atoms with Gasteiger partial charge in [-0.15, -0.1) is 0 Å². The summed E-state index contributed by atoms with van der Waals surface area (Å²) in [5.74, 6) is 0.500. The van der Waals surface area contributed by atoms with Crippen LogP contribution in [0.5, 0.6) is 5.75 Å². The molecule has 2 heterocycles. The van der Waals surface area contributed by atoms with E-state index in [1.54, 1.807) is 19.3 Å². The number of phenolic OH excluding ortho intramolecular Hbond substituents is 1. The van der Waals surface area contributed by atoms with Gasteiger partial charge in [-0.2, -0.15) is 10.2 Å². The quantitative estimate of drug-likeness (QED) is 0.317. The Bertz CT molecular complexity index is 1740. The number of benzene rings is 3. The molecule has 8 nitrogen and oxygen atoms in total. The summed E-state index contributed by atoms with van der Waals surface area (Å²) in [6.45, 7) is 1.93. The average Bonchev–Trinajstić information content (AvgIpc) is 2.90. The van der Waals surface area contributed by atoms with Gasteiger partial charge >= 0.3 is 0 Å². The number of hydrogen-bond donors (Lipinski definition) is 3. The molecule has 0 aliphatic heterocycles. The first kappa shape index (κ1) is 23.6. The number of nitrogens with zero attached hydrogens (tertiary/aromatic N) is 4. The van der Waals surface area contributed by atoms with Crippen LogP contribution in [-0.4, -0.2) is 19.6 Å². The van der Waals surface area contributed by atoms with Crippen LogP contribution < -0.4 is 16.6 Å². The minimum Gasteiger partial charge on any atom is -0.507 e. The summed E-state index contributed by atoms with van der Waals surface area (Å²) in [6.07, 6.45) is 3.15. The van der Waals surface area contributed by atoms with Crippen molar-refractivity contribution in [1.82, 2.24) is 14.5 Å². The van der Waals surface area contributed by atoms with Crippen molar-refractivity contribution in [3.63, 3.8) is 0 Å². The lowest BCUT2D eigenvalue weighted by Gasteiger charge is -2.23. The maximum atomic E-state index is 12.0. The number of pyridine rings is 1. The smallest absolute Gasteiger partial charge is 0.250 e. The monoisotopic (exact) mass is 488 g/mol. The van der Waals surface area contributed by atoms with E-state index in [1.807, 2.05) is 61.5 Å². The number of rotatable bonds is 5. The first-order valence-corrected chi connectivity index (χ1v) is 11.7. The molecule has 0 aliphatic rings. The maximum Gasteiger partial charge on any atom is 0.250 e. The molecule has 0 amide bonds. The Balaban J connectivity index is 1.75. The molecule has 0 radical (unpaired) electrons. The minimum absolute atomic E-state index is 0.0558. The SMILES string of the molecule is CC(Nc1nc(N)ncc1C#N)c1cc2cccc(-c3ccc(=O)n(C)c3)c2c(O)c1-c1ccccc1. The summed E-state index contributed by atoms with van der Waals surface area (Å²) >= 11 is 0. The first-order valence-electron chi connectivity index (χ1n) is 11.7. The molecule has 0 fully saturated rings. The molecule has 0 saturated carbocycles. The van der Waals surface area contributed by atoms with E-state index in [2.05, 4.69) is 21.4 Å². The molecule has 4 N–H and O–H groups in total. The van der Waals surface area contributed by atoms with Crippen LogP contribution in [0.2, 0.25) is 0 Å². The van der Waals surface area contributed by atoms with Crippen molar-refractivity contribution in [2.45, 2.75) is 13.0 Å². The van der Waals surface area contributed by atoms with E-state index in [4.69, 9.17) is 5.73 Å². The maximum absolute atomic E-state index is 12.0. The zero-order chi connectivity index (χ0) is 26.1. The largest absolute Gasteiger partial charge is 0.507 e. The number of aromatic hydroxyl groups is 1. The van der Waals surface area contributed by atoms with Gasteiger partial charge in [0.1, 0.15) is 23.2 Å². The minimum atomic E-state index is -0.354. The summed E-state index contributed by atoms with van der Waals surface area (Å²) < 4.78 is 1.52. The second-order valence-electron chi connectivity index (χ2n) is 8.79. The molecule has 0 bridgehead atoms. The number of nitrogens with two attached hydrogens (primary N) is 1. The highest BCUT2D eigenvalue weighted by atomic mass is 16.3. The van der Waals surface area contributed by atoms with Crippen molar-refractivity contribution in [3.05, 3.63) is 101 Å². The van der Waals surface area contributed by atoms with Crippen molar-refractivity contribution in [1.29, 1.82) is 5.26 Å². The van der Waals surface area contributed by atoms with Gasteiger partial charge in [0, 0.05) is 30.3 Å². The molecule has 182 valence electrons. The molecule has 1 unspecified atom stereocenters. The Hall–Kier alpha value is -5.16. The molecule has 2 aromatic heterocycles. The van der Waals surface area contributed by atoms with Gasteiger partial charge in [-0.25, -0.2) is 4.98 Å². The van der Waals surface area contributed by atoms with Crippen molar-refractivity contribution < 1.29 is 5.11 Å². The Kier molecular flexibility index (Phi) is 6.04. The van der Waals surface area contributed by atoms with Crippen molar-refractivity contribution in [3.8, 4) is 34.1 Å². The zero-order valence-corrected chi connectivity index (χ0v) is 20.3. The zero-order valence-electron chi connectivity index (χ0n) is 20.3. The molecule has 1 atom stereocenters. The molecular formula is C29H24N6O2. The lowest BCUT2D eigenvalue weighted by Crippen LogP contribution is -2.14. The van der Waals surface area contributed by atoms with E-state index in [0.29, 0.717) is 16.8 Å². The van der Waals surface area contributed by atoms with Gasteiger partial charge in [0.2, 0.25) is 11.5 Å². The van der Waals surface area contributed by atoms with E-state index in [9.17, 15) is 15.2 Å². The van der Waals surface area contributed by atoms with Gasteiger partial charge < -0.3 is 20.7 Å². The fourth-order valence-electron chi connectivity index (χ4n) is 4.57. The van der Waals surface area contributed by atoms with Crippen molar-refractivity contribution in [2.24, 2.45) is 7.05 Å². The highest BCUT2D eigenvalue weighted by Crippen LogP contribution is 2.45. The Morgan fingerprint density at radius 1 is 1.08 bits per heavy atom. The number of hydrogen-bond acceptors (Lipinski definition) is 7. The molecule has 5 rings (SSSR count). The second kappa shape index (κ2) is 9.47. The standard InChI is InChI=1S/C29H24N6O2/c1-17(33-28-21(14-30)15-32-29(31)34-28)23-13-19-9-6-10-22(20-11-12-24(36)35(2)16-20)26(19)27(37)25(23)18-7-4-3-5-8-18/h3-13,15-17,37H,1-2H3,(H3,31,32,33,34). The predicted molar refractivity (Wildman–Crippen MR) is 145 cm³/mol. The summed E-state index contributed by atoms with van der Waals surface area (Å²) in [5.41, 5.74) is 9.87. The Morgan fingerprint density at radius 2 is 1.86 bits per heavy atom. The number of aromatic nitrogens is 3. The third-order valence-corrected chi connectivity index (χ3v) is 6.38. The van der Waals surface area contributed by atoms with Gasteiger partial charge in [0.15, 0.2) is 0 Å². The van der Waals surface area contributed by atoms with Gasteiger partial charge in [-0.3, -0.25) is 4.79 Å². The fraction of sp³-hybridized carbons (Fsp3) is 0.103. The third kappa shape index (κ3) is 4.34. The topological polar surface area (TPSA) is 130 Å². The molecular weight excluding hydrogens is 464 g/mol. The van der Waals surface area contributed by atoms with Gasteiger partial charge in [0.05, 0.1) is 12.2 Å².